The van der Waals surface area contributed by atoms with E-state index < -0.39 is 0 Å². The van der Waals surface area contributed by atoms with Crippen LogP contribution >= 0.6 is 11.3 Å². The quantitative estimate of drug-likeness (QED) is 0.799. The van der Waals surface area contributed by atoms with Crippen LogP contribution in [0.25, 0.3) is 0 Å². The molecule has 19 heavy (non-hydrogen) atoms. The first-order valence-corrected chi connectivity index (χ1v) is 7.14. The number of ketones is 1. The van der Waals surface area contributed by atoms with Gasteiger partial charge in [0.05, 0.1) is 0 Å². The minimum atomic E-state index is -0.0142. The Morgan fingerprint density at radius 1 is 1.21 bits per heavy atom. The Morgan fingerprint density at radius 3 is 2.32 bits per heavy atom. The fourth-order valence-electron chi connectivity index (χ4n) is 1.74. The lowest BCUT2D eigenvalue weighted by atomic mass is 10.00. The molecule has 3 nitrogen and oxygen atoms in total. The summed E-state index contributed by atoms with van der Waals surface area (Å²) in [6.45, 7) is 4.28. The van der Waals surface area contributed by atoms with Gasteiger partial charge in [0, 0.05) is 25.0 Å². The Labute approximate surface area is 117 Å². The summed E-state index contributed by atoms with van der Waals surface area (Å²) in [5.74, 6) is 0.462. The number of carbonyl (C=O) groups is 1. The van der Waals surface area contributed by atoms with Crippen LogP contribution in [0.4, 0.5) is 5.13 Å². The first kappa shape index (κ1) is 13.7. The highest BCUT2D eigenvalue weighted by atomic mass is 32.1. The number of aromatic nitrogens is 1. The molecule has 0 fully saturated rings. The van der Waals surface area contributed by atoms with Crippen molar-refractivity contribution in [1.29, 1.82) is 0 Å². The molecule has 1 aromatic heterocycles. The Kier molecular flexibility index (Phi) is 4.00. The number of rotatable bonds is 4. The standard InChI is InChI=1S/C15H18N2OS/c1-10(2)11-5-7-12(8-6-11)14(18)13-9-19-15(16-13)17(3)4/h5-10H,1-4H3. The van der Waals surface area contributed by atoms with Gasteiger partial charge in [0.2, 0.25) is 5.78 Å². The molecular formula is C15H18N2OS. The first-order chi connectivity index (χ1) is 8.99. The molecule has 0 aliphatic heterocycles. The second-order valence-electron chi connectivity index (χ2n) is 5.02. The monoisotopic (exact) mass is 274 g/mol. The third kappa shape index (κ3) is 3.01. The highest BCUT2D eigenvalue weighted by Crippen LogP contribution is 2.21. The molecule has 0 atom stereocenters. The summed E-state index contributed by atoms with van der Waals surface area (Å²) < 4.78 is 0. The van der Waals surface area contributed by atoms with Crippen molar-refractivity contribution in [3.63, 3.8) is 0 Å². The van der Waals surface area contributed by atoms with Crippen molar-refractivity contribution < 1.29 is 4.79 Å². The molecule has 0 aliphatic rings. The fourth-order valence-corrected chi connectivity index (χ4v) is 2.48. The Morgan fingerprint density at radius 2 is 1.84 bits per heavy atom. The molecular weight excluding hydrogens is 256 g/mol. The van der Waals surface area contributed by atoms with Gasteiger partial charge in [0.15, 0.2) is 5.13 Å². The van der Waals surface area contributed by atoms with Crippen LogP contribution in [0.2, 0.25) is 0 Å². The molecule has 1 heterocycles. The van der Waals surface area contributed by atoms with Crippen LogP contribution in [-0.4, -0.2) is 24.9 Å². The number of benzene rings is 1. The van der Waals surface area contributed by atoms with Gasteiger partial charge in [0.1, 0.15) is 5.69 Å². The average Bonchev–Trinajstić information content (AvgIpc) is 2.87. The van der Waals surface area contributed by atoms with Crippen LogP contribution in [0.5, 0.6) is 0 Å². The van der Waals surface area contributed by atoms with E-state index in [1.807, 2.05) is 48.6 Å². The summed E-state index contributed by atoms with van der Waals surface area (Å²) in [7, 11) is 3.84. The van der Waals surface area contributed by atoms with Gasteiger partial charge in [-0.3, -0.25) is 4.79 Å². The third-order valence-corrected chi connectivity index (χ3v) is 3.96. The van der Waals surface area contributed by atoms with Crippen LogP contribution in [0.15, 0.2) is 29.6 Å². The van der Waals surface area contributed by atoms with Gasteiger partial charge in [-0.2, -0.15) is 0 Å². The second-order valence-corrected chi connectivity index (χ2v) is 5.85. The molecule has 4 heteroatoms. The van der Waals surface area contributed by atoms with E-state index in [0.717, 1.165) is 5.13 Å². The topological polar surface area (TPSA) is 33.2 Å². The maximum Gasteiger partial charge on any atom is 0.212 e. The van der Waals surface area contributed by atoms with Crippen LogP contribution < -0.4 is 4.90 Å². The number of hydrogen-bond acceptors (Lipinski definition) is 4. The van der Waals surface area contributed by atoms with E-state index in [1.165, 1.54) is 16.9 Å². The molecule has 0 bridgehead atoms. The van der Waals surface area contributed by atoms with E-state index >= 15 is 0 Å². The minimum absolute atomic E-state index is 0.0142. The van der Waals surface area contributed by atoms with Gasteiger partial charge in [0.25, 0.3) is 0 Å². The summed E-state index contributed by atoms with van der Waals surface area (Å²) >= 11 is 1.48. The summed E-state index contributed by atoms with van der Waals surface area (Å²) in [6.07, 6.45) is 0. The van der Waals surface area contributed by atoms with Crippen LogP contribution in [-0.2, 0) is 0 Å². The van der Waals surface area contributed by atoms with Gasteiger partial charge in [-0.1, -0.05) is 38.1 Å². The van der Waals surface area contributed by atoms with E-state index in [2.05, 4.69) is 18.8 Å². The van der Waals surface area contributed by atoms with E-state index in [4.69, 9.17) is 0 Å². The summed E-state index contributed by atoms with van der Waals surface area (Å²) in [5.41, 5.74) is 2.45. The number of carbonyl (C=O) groups excluding carboxylic acids is 1. The smallest absolute Gasteiger partial charge is 0.212 e. The van der Waals surface area contributed by atoms with Crippen molar-refractivity contribution in [3.8, 4) is 0 Å². The van der Waals surface area contributed by atoms with Gasteiger partial charge in [-0.05, 0) is 11.5 Å². The lowest BCUT2D eigenvalue weighted by Gasteiger charge is -2.06. The molecule has 0 N–H and O–H groups in total. The van der Waals surface area contributed by atoms with Gasteiger partial charge in [-0.25, -0.2) is 4.98 Å². The van der Waals surface area contributed by atoms with Crippen LogP contribution in [0, 0.1) is 0 Å². The summed E-state index contributed by atoms with van der Waals surface area (Å²) in [4.78, 5) is 18.5. The van der Waals surface area contributed by atoms with E-state index in [1.54, 1.807) is 0 Å². The molecule has 2 aromatic rings. The number of nitrogens with zero attached hydrogens (tertiary/aromatic N) is 2. The SMILES string of the molecule is CC(C)c1ccc(C(=O)c2csc(N(C)C)n2)cc1. The fraction of sp³-hybridized carbons (Fsp3) is 0.333. The van der Waals surface area contributed by atoms with E-state index in [0.29, 0.717) is 17.2 Å². The zero-order chi connectivity index (χ0) is 14.0. The molecule has 0 saturated heterocycles. The lowest BCUT2D eigenvalue weighted by molar-refractivity contribution is 0.103. The molecule has 0 amide bonds. The molecule has 2 rings (SSSR count). The average molecular weight is 274 g/mol. The van der Waals surface area contributed by atoms with Crippen molar-refractivity contribution in [2.75, 3.05) is 19.0 Å². The molecule has 0 saturated carbocycles. The summed E-state index contributed by atoms with van der Waals surface area (Å²) in [5, 5.41) is 2.66. The summed E-state index contributed by atoms with van der Waals surface area (Å²) in [6, 6.07) is 7.78. The van der Waals surface area contributed by atoms with Crippen molar-refractivity contribution in [2.24, 2.45) is 0 Å². The normalized spacial score (nSPS) is 10.8. The molecule has 0 unspecified atom stereocenters. The van der Waals surface area contributed by atoms with Crippen molar-refractivity contribution >= 4 is 22.3 Å². The number of thiazole rings is 1. The molecule has 0 spiro atoms. The van der Waals surface area contributed by atoms with E-state index in [-0.39, 0.29) is 5.78 Å². The highest BCUT2D eigenvalue weighted by Gasteiger charge is 2.14. The van der Waals surface area contributed by atoms with Crippen molar-refractivity contribution in [2.45, 2.75) is 19.8 Å². The third-order valence-electron chi connectivity index (χ3n) is 2.95. The predicted molar refractivity (Wildman–Crippen MR) is 80.4 cm³/mol. The Bertz CT molecular complexity index is 570. The Hall–Kier alpha value is -1.68. The minimum Gasteiger partial charge on any atom is -0.354 e. The maximum absolute atomic E-state index is 12.3. The van der Waals surface area contributed by atoms with Crippen molar-refractivity contribution in [3.05, 3.63) is 46.5 Å². The number of hydrogen-bond donors (Lipinski definition) is 0. The molecule has 1 aromatic carbocycles. The van der Waals surface area contributed by atoms with Gasteiger partial charge in [-0.15, -0.1) is 11.3 Å². The van der Waals surface area contributed by atoms with Gasteiger partial charge < -0.3 is 4.90 Å². The second kappa shape index (κ2) is 5.53. The zero-order valence-electron chi connectivity index (χ0n) is 11.7. The van der Waals surface area contributed by atoms with E-state index in [9.17, 15) is 4.79 Å². The zero-order valence-corrected chi connectivity index (χ0v) is 12.5. The van der Waals surface area contributed by atoms with Crippen molar-refractivity contribution in [1.82, 2.24) is 4.98 Å². The molecule has 100 valence electrons. The highest BCUT2D eigenvalue weighted by molar-refractivity contribution is 7.13. The number of anilines is 1. The largest absolute Gasteiger partial charge is 0.354 e. The Balaban J connectivity index is 2.23. The molecule has 0 radical (unpaired) electrons. The van der Waals surface area contributed by atoms with Crippen LogP contribution in [0.3, 0.4) is 0 Å². The lowest BCUT2D eigenvalue weighted by Crippen LogP contribution is -2.09. The van der Waals surface area contributed by atoms with Crippen LogP contribution in [0.1, 0.15) is 41.4 Å². The predicted octanol–water partition coefficient (Wildman–Crippen LogP) is 3.56. The maximum atomic E-state index is 12.3. The molecule has 0 aliphatic carbocycles. The first-order valence-electron chi connectivity index (χ1n) is 6.26. The van der Waals surface area contributed by atoms with Gasteiger partial charge >= 0.3 is 0 Å².